The number of anilines is 4. The van der Waals surface area contributed by atoms with Crippen molar-refractivity contribution in [2.24, 2.45) is 0 Å². The number of nitrogens with zero attached hydrogens (tertiary/aromatic N) is 4. The number of carbonyl (C=O) groups excluding carboxylic acids is 2. The van der Waals surface area contributed by atoms with E-state index in [-0.39, 0.29) is 23.9 Å². The van der Waals surface area contributed by atoms with Crippen LogP contribution in [-0.2, 0) is 16.1 Å². The van der Waals surface area contributed by atoms with Crippen LogP contribution in [-0.4, -0.2) is 47.8 Å². The van der Waals surface area contributed by atoms with E-state index < -0.39 is 0 Å². The van der Waals surface area contributed by atoms with Gasteiger partial charge in [0, 0.05) is 56.2 Å². The molecule has 9 heteroatoms. The van der Waals surface area contributed by atoms with E-state index in [1.165, 1.54) is 23.4 Å². The molecule has 1 aromatic heterocycles. The molecule has 3 aromatic rings. The van der Waals surface area contributed by atoms with Gasteiger partial charge in [-0.25, -0.2) is 4.68 Å². The Morgan fingerprint density at radius 2 is 1.42 bits per heavy atom. The Bertz CT molecular complexity index is 1170. The zero-order chi connectivity index (χ0) is 23.2. The van der Waals surface area contributed by atoms with Crippen LogP contribution in [0.3, 0.4) is 0 Å². The highest BCUT2D eigenvalue weighted by atomic mass is 16.2. The maximum Gasteiger partial charge on any atom is 0.267 e. The van der Waals surface area contributed by atoms with E-state index in [0.717, 1.165) is 26.2 Å². The fourth-order valence-corrected chi connectivity index (χ4v) is 3.73. The zero-order valence-corrected chi connectivity index (χ0v) is 18.4. The number of piperazine rings is 1. The van der Waals surface area contributed by atoms with Crippen molar-refractivity contribution in [1.29, 1.82) is 0 Å². The Hall–Kier alpha value is -4.14. The summed E-state index contributed by atoms with van der Waals surface area (Å²) in [4.78, 5) is 40.3. The monoisotopic (exact) mass is 446 g/mol. The molecule has 0 atom stereocenters. The lowest BCUT2D eigenvalue weighted by Gasteiger charge is -2.36. The molecule has 9 nitrogen and oxygen atoms in total. The standard InChI is InChI=1S/C24H26N6O3/c1-18(31)25-19-7-9-20(10-8-19)26-23(32)17-30-24(33)12-11-22(27-30)29-15-13-28(14-16-29)21-5-3-2-4-6-21/h2-12H,13-17H2,1H3,(H,25,31)(H,26,32). The van der Waals surface area contributed by atoms with Crippen LogP contribution < -0.4 is 26.0 Å². The fraction of sp³-hybridized carbons (Fsp3) is 0.250. The van der Waals surface area contributed by atoms with Gasteiger partial charge < -0.3 is 20.4 Å². The predicted molar refractivity (Wildman–Crippen MR) is 129 cm³/mol. The number of hydrogen-bond donors (Lipinski definition) is 2. The maximum atomic E-state index is 12.5. The lowest BCUT2D eigenvalue weighted by Crippen LogP contribution is -2.47. The van der Waals surface area contributed by atoms with Crippen molar-refractivity contribution in [1.82, 2.24) is 9.78 Å². The van der Waals surface area contributed by atoms with Gasteiger partial charge in [0.15, 0.2) is 0 Å². The van der Waals surface area contributed by atoms with Gasteiger partial charge in [-0.05, 0) is 42.5 Å². The average Bonchev–Trinajstić information content (AvgIpc) is 2.82. The molecule has 0 aliphatic carbocycles. The second-order valence-corrected chi connectivity index (χ2v) is 7.80. The van der Waals surface area contributed by atoms with Crippen LogP contribution in [0.2, 0.25) is 0 Å². The number of hydrogen-bond acceptors (Lipinski definition) is 6. The summed E-state index contributed by atoms with van der Waals surface area (Å²) in [7, 11) is 0. The van der Waals surface area contributed by atoms with Gasteiger partial charge in [0.2, 0.25) is 11.8 Å². The van der Waals surface area contributed by atoms with Gasteiger partial charge in [0.1, 0.15) is 12.4 Å². The molecule has 170 valence electrons. The lowest BCUT2D eigenvalue weighted by atomic mass is 10.2. The normalized spacial score (nSPS) is 13.5. The summed E-state index contributed by atoms with van der Waals surface area (Å²) in [5, 5.41) is 9.84. The Morgan fingerprint density at radius 3 is 2.06 bits per heavy atom. The second kappa shape index (κ2) is 9.99. The van der Waals surface area contributed by atoms with Crippen LogP contribution in [0.25, 0.3) is 0 Å². The summed E-state index contributed by atoms with van der Waals surface area (Å²) in [6, 6.07) is 20.2. The number of amides is 2. The third-order valence-corrected chi connectivity index (χ3v) is 5.36. The SMILES string of the molecule is CC(=O)Nc1ccc(NC(=O)Cn2nc(N3CCN(c4ccccc4)CC3)ccc2=O)cc1. The van der Waals surface area contributed by atoms with Crippen LogP contribution in [0.5, 0.6) is 0 Å². The van der Waals surface area contributed by atoms with Crippen LogP contribution in [0.4, 0.5) is 22.9 Å². The Kier molecular flexibility index (Phi) is 6.68. The number of benzene rings is 2. The van der Waals surface area contributed by atoms with Crippen molar-refractivity contribution >= 4 is 34.7 Å². The fourth-order valence-electron chi connectivity index (χ4n) is 3.73. The van der Waals surface area contributed by atoms with Crippen molar-refractivity contribution in [2.75, 3.05) is 46.6 Å². The van der Waals surface area contributed by atoms with Crippen molar-refractivity contribution in [3.63, 3.8) is 0 Å². The first-order chi connectivity index (χ1) is 16.0. The molecule has 2 N–H and O–H groups in total. The Balaban J connectivity index is 1.37. The maximum absolute atomic E-state index is 12.5. The first-order valence-corrected chi connectivity index (χ1v) is 10.8. The lowest BCUT2D eigenvalue weighted by molar-refractivity contribution is -0.117. The van der Waals surface area contributed by atoms with Gasteiger partial charge in [-0.3, -0.25) is 14.4 Å². The van der Waals surface area contributed by atoms with E-state index in [1.54, 1.807) is 30.3 Å². The smallest absolute Gasteiger partial charge is 0.267 e. The highest BCUT2D eigenvalue weighted by molar-refractivity contribution is 5.92. The van der Waals surface area contributed by atoms with Crippen LogP contribution >= 0.6 is 0 Å². The van der Waals surface area contributed by atoms with Crippen LogP contribution in [0, 0.1) is 0 Å². The molecule has 4 rings (SSSR count). The van der Waals surface area contributed by atoms with Crippen molar-refractivity contribution in [3.05, 3.63) is 77.1 Å². The molecule has 33 heavy (non-hydrogen) atoms. The molecule has 1 aliphatic heterocycles. The number of aromatic nitrogens is 2. The van der Waals surface area contributed by atoms with Crippen molar-refractivity contribution in [3.8, 4) is 0 Å². The van der Waals surface area contributed by atoms with Gasteiger partial charge in [-0.2, -0.15) is 5.10 Å². The van der Waals surface area contributed by atoms with Gasteiger partial charge >= 0.3 is 0 Å². The molecule has 1 aliphatic rings. The third kappa shape index (κ3) is 5.76. The third-order valence-electron chi connectivity index (χ3n) is 5.36. The molecular weight excluding hydrogens is 420 g/mol. The largest absolute Gasteiger partial charge is 0.368 e. The minimum absolute atomic E-state index is 0.168. The number of rotatable bonds is 6. The first-order valence-electron chi connectivity index (χ1n) is 10.8. The van der Waals surface area contributed by atoms with E-state index >= 15 is 0 Å². The van der Waals surface area contributed by atoms with E-state index in [2.05, 4.69) is 37.7 Å². The van der Waals surface area contributed by atoms with Gasteiger partial charge in [0.05, 0.1) is 0 Å². The summed E-state index contributed by atoms with van der Waals surface area (Å²) in [6.07, 6.45) is 0. The predicted octanol–water partition coefficient (Wildman–Crippen LogP) is 2.17. The van der Waals surface area contributed by atoms with Crippen molar-refractivity contribution < 1.29 is 9.59 Å². The van der Waals surface area contributed by atoms with Gasteiger partial charge in [-0.1, -0.05) is 18.2 Å². The van der Waals surface area contributed by atoms with Gasteiger partial charge in [0.25, 0.3) is 5.56 Å². The number of para-hydroxylation sites is 1. The molecule has 2 heterocycles. The number of carbonyl (C=O) groups is 2. The Labute approximate surface area is 191 Å². The summed E-state index contributed by atoms with van der Waals surface area (Å²) < 4.78 is 1.18. The van der Waals surface area contributed by atoms with E-state index in [1.807, 2.05) is 18.2 Å². The topological polar surface area (TPSA) is 99.6 Å². The van der Waals surface area contributed by atoms with Crippen LogP contribution in [0.1, 0.15) is 6.92 Å². The molecule has 1 saturated heterocycles. The first kappa shape index (κ1) is 22.1. The molecule has 2 aromatic carbocycles. The quantitative estimate of drug-likeness (QED) is 0.602. The molecule has 0 spiro atoms. The number of nitrogens with one attached hydrogen (secondary N) is 2. The van der Waals surface area contributed by atoms with Gasteiger partial charge in [-0.15, -0.1) is 0 Å². The molecule has 0 bridgehead atoms. The zero-order valence-electron chi connectivity index (χ0n) is 18.4. The summed E-state index contributed by atoms with van der Waals surface area (Å²) in [5.74, 6) is 0.149. The molecule has 0 unspecified atom stereocenters. The minimum Gasteiger partial charge on any atom is -0.368 e. The van der Waals surface area contributed by atoms with E-state index in [9.17, 15) is 14.4 Å². The second-order valence-electron chi connectivity index (χ2n) is 7.80. The molecule has 0 saturated carbocycles. The Morgan fingerprint density at radius 1 is 0.818 bits per heavy atom. The minimum atomic E-state index is -0.358. The van der Waals surface area contributed by atoms with E-state index in [0.29, 0.717) is 17.2 Å². The molecule has 0 radical (unpaired) electrons. The van der Waals surface area contributed by atoms with Crippen molar-refractivity contribution in [2.45, 2.75) is 13.5 Å². The average molecular weight is 447 g/mol. The summed E-state index contributed by atoms with van der Waals surface area (Å²) in [6.45, 7) is 4.47. The van der Waals surface area contributed by atoms with Crippen LogP contribution in [0.15, 0.2) is 71.5 Å². The molecule has 1 fully saturated rings. The highest BCUT2D eigenvalue weighted by Crippen LogP contribution is 2.18. The summed E-state index contributed by atoms with van der Waals surface area (Å²) in [5.41, 5.74) is 2.06. The van der Waals surface area contributed by atoms with E-state index in [4.69, 9.17) is 0 Å². The molecular formula is C24H26N6O3. The summed E-state index contributed by atoms with van der Waals surface area (Å²) >= 11 is 0. The molecule has 2 amide bonds. The highest BCUT2D eigenvalue weighted by Gasteiger charge is 2.19.